The van der Waals surface area contributed by atoms with Crippen molar-refractivity contribution < 1.29 is 4.79 Å². The van der Waals surface area contributed by atoms with Gasteiger partial charge in [-0.2, -0.15) is 0 Å². The number of hydrogen-bond donors (Lipinski definition) is 2. The van der Waals surface area contributed by atoms with Crippen molar-refractivity contribution in [1.29, 1.82) is 0 Å². The zero-order valence-electron chi connectivity index (χ0n) is 11.5. The van der Waals surface area contributed by atoms with Crippen LogP contribution in [-0.4, -0.2) is 5.91 Å². The molecule has 0 aromatic heterocycles. The second kappa shape index (κ2) is 6.09. The largest absolute Gasteiger partial charge is 0.398 e. The van der Waals surface area contributed by atoms with E-state index in [-0.39, 0.29) is 11.9 Å². The summed E-state index contributed by atoms with van der Waals surface area (Å²) in [7, 11) is 0. The number of carbonyl (C=O) groups is 1. The number of nitrogens with one attached hydrogen (secondary N) is 1. The highest BCUT2D eigenvalue weighted by Crippen LogP contribution is 2.22. The molecule has 0 saturated carbocycles. The zero-order valence-corrected chi connectivity index (χ0v) is 13.1. The van der Waals surface area contributed by atoms with E-state index >= 15 is 0 Å². The number of benzene rings is 2. The van der Waals surface area contributed by atoms with Crippen LogP contribution in [0, 0.1) is 6.92 Å². The van der Waals surface area contributed by atoms with Crippen LogP contribution in [0.3, 0.4) is 0 Å². The van der Waals surface area contributed by atoms with Crippen molar-refractivity contribution in [2.75, 3.05) is 5.73 Å². The molecule has 1 amide bonds. The summed E-state index contributed by atoms with van der Waals surface area (Å²) in [6, 6.07) is 13.1. The van der Waals surface area contributed by atoms with E-state index in [1.54, 1.807) is 0 Å². The Morgan fingerprint density at radius 1 is 1.25 bits per heavy atom. The van der Waals surface area contributed by atoms with Crippen LogP contribution in [0.1, 0.15) is 34.5 Å². The molecule has 1 unspecified atom stereocenters. The van der Waals surface area contributed by atoms with E-state index in [9.17, 15) is 4.79 Å². The lowest BCUT2D eigenvalue weighted by molar-refractivity contribution is 0.0939. The SMILES string of the molecule is Cc1ccc(C(=O)NC(C)c2ccccc2N)c(Br)c1. The summed E-state index contributed by atoms with van der Waals surface area (Å²) in [4.78, 5) is 12.3. The quantitative estimate of drug-likeness (QED) is 0.839. The van der Waals surface area contributed by atoms with Gasteiger partial charge in [-0.3, -0.25) is 4.79 Å². The van der Waals surface area contributed by atoms with Crippen LogP contribution in [0.25, 0.3) is 0 Å². The Labute approximate surface area is 127 Å². The molecule has 0 saturated heterocycles. The zero-order chi connectivity index (χ0) is 14.7. The molecule has 3 nitrogen and oxygen atoms in total. The maximum atomic E-state index is 12.3. The molecule has 1 atom stereocenters. The summed E-state index contributed by atoms with van der Waals surface area (Å²) in [5, 5.41) is 2.96. The van der Waals surface area contributed by atoms with Crippen molar-refractivity contribution in [2.24, 2.45) is 0 Å². The van der Waals surface area contributed by atoms with Gasteiger partial charge >= 0.3 is 0 Å². The van der Waals surface area contributed by atoms with E-state index < -0.39 is 0 Å². The summed E-state index contributed by atoms with van der Waals surface area (Å²) >= 11 is 3.42. The highest BCUT2D eigenvalue weighted by molar-refractivity contribution is 9.10. The average Bonchev–Trinajstić information content (AvgIpc) is 2.38. The highest BCUT2D eigenvalue weighted by Gasteiger charge is 2.15. The fraction of sp³-hybridized carbons (Fsp3) is 0.188. The van der Waals surface area contributed by atoms with Gasteiger partial charge in [0.2, 0.25) is 0 Å². The Morgan fingerprint density at radius 3 is 2.60 bits per heavy atom. The molecule has 0 radical (unpaired) electrons. The van der Waals surface area contributed by atoms with Gasteiger partial charge in [0.15, 0.2) is 0 Å². The number of rotatable bonds is 3. The van der Waals surface area contributed by atoms with E-state index in [0.717, 1.165) is 15.6 Å². The fourth-order valence-corrected chi connectivity index (χ4v) is 2.73. The van der Waals surface area contributed by atoms with Crippen LogP contribution in [-0.2, 0) is 0 Å². The second-order valence-corrected chi connectivity index (χ2v) is 5.66. The van der Waals surface area contributed by atoms with Crippen molar-refractivity contribution in [3.05, 3.63) is 63.6 Å². The molecule has 0 aliphatic carbocycles. The van der Waals surface area contributed by atoms with E-state index in [1.165, 1.54) is 0 Å². The molecule has 0 fully saturated rings. The van der Waals surface area contributed by atoms with Crippen LogP contribution in [0.5, 0.6) is 0 Å². The van der Waals surface area contributed by atoms with Crippen LogP contribution in [0.4, 0.5) is 5.69 Å². The third-order valence-corrected chi connectivity index (χ3v) is 3.84. The lowest BCUT2D eigenvalue weighted by Crippen LogP contribution is -2.27. The molecule has 2 aromatic rings. The van der Waals surface area contributed by atoms with Gasteiger partial charge in [0.05, 0.1) is 11.6 Å². The molecular weight excluding hydrogens is 316 g/mol. The Hall–Kier alpha value is -1.81. The number of hydrogen-bond acceptors (Lipinski definition) is 2. The topological polar surface area (TPSA) is 55.1 Å². The van der Waals surface area contributed by atoms with Crippen LogP contribution in [0.15, 0.2) is 46.9 Å². The molecule has 0 bridgehead atoms. The molecule has 3 N–H and O–H groups in total. The van der Waals surface area contributed by atoms with Crippen molar-refractivity contribution in [1.82, 2.24) is 5.32 Å². The lowest BCUT2D eigenvalue weighted by Gasteiger charge is -2.17. The lowest BCUT2D eigenvalue weighted by atomic mass is 10.1. The molecule has 0 aliphatic heterocycles. The third-order valence-electron chi connectivity index (χ3n) is 3.18. The predicted molar refractivity (Wildman–Crippen MR) is 85.6 cm³/mol. The molecule has 2 aromatic carbocycles. The van der Waals surface area contributed by atoms with E-state index in [1.807, 2.05) is 56.3 Å². The standard InChI is InChI=1S/C16H17BrN2O/c1-10-7-8-13(14(17)9-10)16(20)19-11(2)12-5-3-4-6-15(12)18/h3-9,11H,18H2,1-2H3,(H,19,20). The van der Waals surface area contributed by atoms with Crippen molar-refractivity contribution in [3.63, 3.8) is 0 Å². The molecule has 0 spiro atoms. The minimum Gasteiger partial charge on any atom is -0.398 e. The predicted octanol–water partition coefficient (Wildman–Crippen LogP) is 3.83. The molecule has 0 heterocycles. The smallest absolute Gasteiger partial charge is 0.252 e. The minimum absolute atomic E-state index is 0.118. The van der Waals surface area contributed by atoms with E-state index in [4.69, 9.17) is 5.73 Å². The first-order chi connectivity index (χ1) is 9.49. The third kappa shape index (κ3) is 3.20. The minimum atomic E-state index is -0.142. The van der Waals surface area contributed by atoms with Gasteiger partial charge in [0.1, 0.15) is 0 Å². The van der Waals surface area contributed by atoms with Gasteiger partial charge in [0, 0.05) is 10.2 Å². The number of halogens is 1. The van der Waals surface area contributed by atoms with Gasteiger partial charge in [-0.1, -0.05) is 24.3 Å². The molecule has 104 valence electrons. The van der Waals surface area contributed by atoms with Crippen LogP contribution in [0.2, 0.25) is 0 Å². The Balaban J connectivity index is 2.17. The first-order valence-corrected chi connectivity index (χ1v) is 7.19. The van der Waals surface area contributed by atoms with Gasteiger partial charge in [-0.25, -0.2) is 0 Å². The van der Waals surface area contributed by atoms with Gasteiger partial charge in [-0.15, -0.1) is 0 Å². The van der Waals surface area contributed by atoms with Gasteiger partial charge < -0.3 is 11.1 Å². The number of aryl methyl sites for hydroxylation is 1. The summed E-state index contributed by atoms with van der Waals surface area (Å²) in [6.07, 6.45) is 0. The van der Waals surface area contributed by atoms with Gasteiger partial charge in [-0.05, 0) is 59.1 Å². The van der Waals surface area contributed by atoms with Crippen molar-refractivity contribution >= 4 is 27.5 Å². The maximum absolute atomic E-state index is 12.3. The summed E-state index contributed by atoms with van der Waals surface area (Å²) in [6.45, 7) is 3.91. The van der Waals surface area contributed by atoms with Gasteiger partial charge in [0.25, 0.3) is 5.91 Å². The number of nitrogens with two attached hydrogens (primary N) is 1. The first kappa shape index (κ1) is 14.6. The first-order valence-electron chi connectivity index (χ1n) is 6.40. The Bertz CT molecular complexity index is 640. The average molecular weight is 333 g/mol. The van der Waals surface area contributed by atoms with E-state index in [2.05, 4.69) is 21.2 Å². The van der Waals surface area contributed by atoms with Crippen molar-refractivity contribution in [3.8, 4) is 0 Å². The Morgan fingerprint density at radius 2 is 1.95 bits per heavy atom. The molecule has 20 heavy (non-hydrogen) atoms. The summed E-state index contributed by atoms with van der Waals surface area (Å²) < 4.78 is 0.795. The maximum Gasteiger partial charge on any atom is 0.252 e. The number of amides is 1. The fourth-order valence-electron chi connectivity index (χ4n) is 2.06. The number of nitrogen functional groups attached to an aromatic ring is 1. The molecule has 2 rings (SSSR count). The normalized spacial score (nSPS) is 11.9. The van der Waals surface area contributed by atoms with E-state index in [0.29, 0.717) is 11.3 Å². The number of anilines is 1. The van der Waals surface area contributed by atoms with Crippen LogP contribution < -0.4 is 11.1 Å². The number of carbonyl (C=O) groups excluding carboxylic acids is 1. The monoisotopic (exact) mass is 332 g/mol. The van der Waals surface area contributed by atoms with Crippen LogP contribution >= 0.6 is 15.9 Å². The Kier molecular flexibility index (Phi) is 4.45. The molecule has 0 aliphatic rings. The summed E-state index contributed by atoms with van der Waals surface area (Å²) in [5.41, 5.74) is 9.26. The summed E-state index contributed by atoms with van der Waals surface area (Å²) in [5.74, 6) is -0.118. The highest BCUT2D eigenvalue weighted by atomic mass is 79.9. The molecular formula is C16H17BrN2O. The van der Waals surface area contributed by atoms with Crippen molar-refractivity contribution in [2.45, 2.75) is 19.9 Å². The molecule has 4 heteroatoms. The second-order valence-electron chi connectivity index (χ2n) is 4.81. The number of para-hydroxylation sites is 1.